The predicted octanol–water partition coefficient (Wildman–Crippen LogP) is 2.11. The van der Waals surface area contributed by atoms with Gasteiger partial charge in [0, 0.05) is 38.9 Å². The molecule has 3 rings (SSSR count). The molecule has 2 heterocycles. The van der Waals surface area contributed by atoms with E-state index < -0.39 is 0 Å². The first kappa shape index (κ1) is 19.2. The van der Waals surface area contributed by atoms with Crippen molar-refractivity contribution in [2.45, 2.75) is 19.3 Å². The smallest absolute Gasteiger partial charge is 0.324 e. The summed E-state index contributed by atoms with van der Waals surface area (Å²) in [5, 5.41) is 7.05. The second-order valence-corrected chi connectivity index (χ2v) is 6.55. The molecule has 0 aliphatic carbocycles. The van der Waals surface area contributed by atoms with Crippen molar-refractivity contribution in [1.82, 2.24) is 15.5 Å². The van der Waals surface area contributed by atoms with E-state index in [9.17, 15) is 4.79 Å². The Morgan fingerprint density at radius 3 is 2.89 bits per heavy atom. The molecule has 27 heavy (non-hydrogen) atoms. The standard InChI is InChI=1S/C19H26N4O4/c1-25-12-4-10-20-18(24)15-5-3-11-23(13-15)19-21-17(22-27-19)14-6-8-16(26-2)9-7-14/h6-9,15H,3-5,10-13H2,1-2H3,(H,20,24)/t15-/m0/s1. The number of aromatic nitrogens is 2. The second-order valence-electron chi connectivity index (χ2n) is 6.55. The Hall–Kier alpha value is -2.61. The first-order valence-corrected chi connectivity index (χ1v) is 9.21. The van der Waals surface area contributed by atoms with Crippen LogP contribution in [0.15, 0.2) is 28.8 Å². The van der Waals surface area contributed by atoms with Crippen molar-refractivity contribution in [3.05, 3.63) is 24.3 Å². The highest BCUT2D eigenvalue weighted by molar-refractivity contribution is 5.79. The Balaban J connectivity index is 1.59. The lowest BCUT2D eigenvalue weighted by molar-refractivity contribution is -0.125. The Bertz CT molecular complexity index is 732. The van der Waals surface area contributed by atoms with Crippen LogP contribution in [0.3, 0.4) is 0 Å². The van der Waals surface area contributed by atoms with Gasteiger partial charge < -0.3 is 24.2 Å². The molecule has 0 bridgehead atoms. The Morgan fingerprint density at radius 2 is 2.15 bits per heavy atom. The average Bonchev–Trinajstić information content (AvgIpc) is 3.21. The van der Waals surface area contributed by atoms with Crippen molar-refractivity contribution >= 4 is 11.9 Å². The number of carbonyl (C=O) groups excluding carboxylic acids is 1. The minimum absolute atomic E-state index is 0.0716. The number of nitrogens with one attached hydrogen (secondary N) is 1. The highest BCUT2D eigenvalue weighted by Gasteiger charge is 2.28. The number of anilines is 1. The number of ether oxygens (including phenoxy) is 2. The van der Waals surface area contributed by atoms with Crippen LogP contribution >= 0.6 is 0 Å². The maximum Gasteiger partial charge on any atom is 0.324 e. The lowest BCUT2D eigenvalue weighted by Gasteiger charge is -2.30. The summed E-state index contributed by atoms with van der Waals surface area (Å²) in [6.45, 7) is 2.66. The lowest BCUT2D eigenvalue weighted by Crippen LogP contribution is -2.43. The van der Waals surface area contributed by atoms with Gasteiger partial charge in [-0.15, -0.1) is 0 Å². The Kier molecular flexibility index (Phi) is 6.64. The zero-order valence-electron chi connectivity index (χ0n) is 15.8. The van der Waals surface area contributed by atoms with E-state index in [1.165, 1.54) is 0 Å². The van der Waals surface area contributed by atoms with Crippen molar-refractivity contribution in [2.75, 3.05) is 45.4 Å². The van der Waals surface area contributed by atoms with E-state index in [0.29, 0.717) is 31.5 Å². The molecule has 2 aromatic rings. The summed E-state index contributed by atoms with van der Waals surface area (Å²) in [7, 11) is 3.29. The van der Waals surface area contributed by atoms with Crippen LogP contribution in [0.25, 0.3) is 11.4 Å². The van der Waals surface area contributed by atoms with E-state index in [1.54, 1.807) is 14.2 Å². The molecule has 0 saturated carbocycles. The first-order valence-electron chi connectivity index (χ1n) is 9.21. The van der Waals surface area contributed by atoms with Crippen molar-refractivity contribution in [3.63, 3.8) is 0 Å². The maximum absolute atomic E-state index is 12.4. The summed E-state index contributed by atoms with van der Waals surface area (Å²) in [5.41, 5.74) is 0.857. The SMILES string of the molecule is COCCCNC(=O)[C@H]1CCCN(c2nc(-c3ccc(OC)cc3)no2)C1. The minimum atomic E-state index is -0.0716. The summed E-state index contributed by atoms with van der Waals surface area (Å²) < 4.78 is 15.6. The van der Waals surface area contributed by atoms with Crippen LogP contribution in [-0.4, -0.2) is 56.5 Å². The highest BCUT2D eigenvalue weighted by Crippen LogP contribution is 2.25. The van der Waals surface area contributed by atoms with Crippen molar-refractivity contribution in [3.8, 4) is 17.1 Å². The van der Waals surface area contributed by atoms with Crippen molar-refractivity contribution in [2.24, 2.45) is 5.92 Å². The number of nitrogens with zero attached hydrogens (tertiary/aromatic N) is 3. The molecule has 1 aromatic carbocycles. The fourth-order valence-corrected chi connectivity index (χ4v) is 3.14. The summed E-state index contributed by atoms with van der Waals surface area (Å²) in [6.07, 6.45) is 2.59. The summed E-state index contributed by atoms with van der Waals surface area (Å²) in [6, 6.07) is 7.95. The molecule has 0 radical (unpaired) electrons. The van der Waals surface area contributed by atoms with Gasteiger partial charge in [0.2, 0.25) is 11.7 Å². The number of hydrogen-bond donors (Lipinski definition) is 1. The zero-order chi connectivity index (χ0) is 19.1. The Labute approximate surface area is 158 Å². The third kappa shape index (κ3) is 4.97. The molecule has 0 spiro atoms. The minimum Gasteiger partial charge on any atom is -0.497 e. The number of amides is 1. The number of hydrogen-bond acceptors (Lipinski definition) is 7. The van der Waals surface area contributed by atoms with Gasteiger partial charge in [-0.2, -0.15) is 4.98 Å². The number of benzene rings is 1. The molecule has 8 nitrogen and oxygen atoms in total. The van der Waals surface area contributed by atoms with Crippen LogP contribution in [-0.2, 0) is 9.53 Å². The highest BCUT2D eigenvalue weighted by atomic mass is 16.5. The molecule has 1 aliphatic heterocycles. The molecule has 1 aromatic heterocycles. The first-order chi connectivity index (χ1) is 13.2. The van der Waals surface area contributed by atoms with Crippen molar-refractivity contribution < 1.29 is 18.8 Å². The van der Waals surface area contributed by atoms with Gasteiger partial charge in [0.25, 0.3) is 0 Å². The molecule has 1 atom stereocenters. The third-order valence-corrected chi connectivity index (χ3v) is 4.65. The number of carbonyl (C=O) groups is 1. The van der Waals surface area contributed by atoms with Crippen LogP contribution in [0.4, 0.5) is 6.01 Å². The van der Waals surface area contributed by atoms with Crippen LogP contribution in [0.5, 0.6) is 5.75 Å². The fourth-order valence-electron chi connectivity index (χ4n) is 3.14. The number of methoxy groups -OCH3 is 2. The van der Waals surface area contributed by atoms with E-state index in [4.69, 9.17) is 14.0 Å². The van der Waals surface area contributed by atoms with Gasteiger partial charge in [0.05, 0.1) is 13.0 Å². The van der Waals surface area contributed by atoms with Crippen LogP contribution in [0.2, 0.25) is 0 Å². The second kappa shape index (κ2) is 9.36. The fraction of sp³-hybridized carbons (Fsp3) is 0.526. The summed E-state index contributed by atoms with van der Waals surface area (Å²) in [5.74, 6) is 1.31. The monoisotopic (exact) mass is 374 g/mol. The van der Waals surface area contributed by atoms with Crippen LogP contribution in [0, 0.1) is 5.92 Å². The normalized spacial score (nSPS) is 17.0. The molecule has 146 valence electrons. The molecule has 1 amide bonds. The molecule has 1 saturated heterocycles. The van der Waals surface area contributed by atoms with Gasteiger partial charge >= 0.3 is 6.01 Å². The van der Waals surface area contributed by atoms with Crippen LogP contribution < -0.4 is 15.0 Å². The van der Waals surface area contributed by atoms with E-state index >= 15 is 0 Å². The number of piperidine rings is 1. The molecular formula is C19H26N4O4. The van der Waals surface area contributed by atoms with Gasteiger partial charge in [-0.05, 0) is 43.5 Å². The maximum atomic E-state index is 12.4. The Morgan fingerprint density at radius 1 is 1.33 bits per heavy atom. The van der Waals surface area contributed by atoms with E-state index in [1.807, 2.05) is 29.2 Å². The van der Waals surface area contributed by atoms with E-state index in [-0.39, 0.29) is 11.8 Å². The van der Waals surface area contributed by atoms with Gasteiger partial charge in [-0.1, -0.05) is 5.16 Å². The van der Waals surface area contributed by atoms with Gasteiger partial charge in [-0.25, -0.2) is 0 Å². The molecule has 1 aliphatic rings. The molecule has 0 unspecified atom stereocenters. The van der Waals surface area contributed by atoms with Crippen molar-refractivity contribution in [1.29, 1.82) is 0 Å². The molecular weight excluding hydrogens is 348 g/mol. The molecule has 1 fully saturated rings. The van der Waals surface area contributed by atoms with Crippen LogP contribution in [0.1, 0.15) is 19.3 Å². The zero-order valence-corrected chi connectivity index (χ0v) is 15.8. The average molecular weight is 374 g/mol. The van der Waals surface area contributed by atoms with E-state index in [2.05, 4.69) is 15.5 Å². The van der Waals surface area contributed by atoms with Gasteiger partial charge in [0.15, 0.2) is 0 Å². The lowest BCUT2D eigenvalue weighted by atomic mass is 9.97. The van der Waals surface area contributed by atoms with Gasteiger partial charge in [0.1, 0.15) is 5.75 Å². The molecule has 8 heteroatoms. The summed E-state index contributed by atoms with van der Waals surface area (Å²) >= 11 is 0. The molecule has 1 N–H and O–H groups in total. The topological polar surface area (TPSA) is 89.7 Å². The largest absolute Gasteiger partial charge is 0.497 e. The quantitative estimate of drug-likeness (QED) is 0.708. The van der Waals surface area contributed by atoms with E-state index in [0.717, 1.165) is 37.1 Å². The predicted molar refractivity (Wildman–Crippen MR) is 101 cm³/mol. The summed E-state index contributed by atoms with van der Waals surface area (Å²) in [4.78, 5) is 18.9. The van der Waals surface area contributed by atoms with Gasteiger partial charge in [-0.3, -0.25) is 4.79 Å². The third-order valence-electron chi connectivity index (χ3n) is 4.65. The number of rotatable bonds is 8.